The Morgan fingerprint density at radius 2 is 1.56 bits per heavy atom. The van der Waals surface area contributed by atoms with E-state index in [1.807, 2.05) is 66.7 Å². The minimum Gasteiger partial charge on any atom is -0.493 e. The Kier molecular flexibility index (Phi) is 6.99. The molecule has 0 aliphatic rings. The first-order valence-corrected chi connectivity index (χ1v) is 9.39. The maximum absolute atomic E-state index is 6.18. The second kappa shape index (κ2) is 9.65. The molecule has 0 unspecified atom stereocenters. The maximum Gasteiger partial charge on any atom is 0.161 e. The van der Waals surface area contributed by atoms with E-state index >= 15 is 0 Å². The van der Waals surface area contributed by atoms with Crippen LogP contribution in [0.25, 0.3) is 0 Å². The van der Waals surface area contributed by atoms with Gasteiger partial charge in [0.15, 0.2) is 11.5 Å². The van der Waals surface area contributed by atoms with Crippen LogP contribution in [-0.4, -0.2) is 7.11 Å². The summed E-state index contributed by atoms with van der Waals surface area (Å²) in [6.45, 7) is 1.87. The summed E-state index contributed by atoms with van der Waals surface area (Å²) >= 11 is 12.1. The maximum atomic E-state index is 6.18. The molecule has 0 aliphatic heterocycles. The predicted molar refractivity (Wildman–Crippen MR) is 111 cm³/mol. The summed E-state index contributed by atoms with van der Waals surface area (Å²) in [4.78, 5) is 0. The molecule has 0 spiro atoms. The summed E-state index contributed by atoms with van der Waals surface area (Å²) in [5.41, 5.74) is 3.23. The highest BCUT2D eigenvalue weighted by Crippen LogP contribution is 2.29. The van der Waals surface area contributed by atoms with Crippen molar-refractivity contribution in [2.24, 2.45) is 0 Å². The Labute approximate surface area is 169 Å². The third kappa shape index (κ3) is 5.64. The number of hydrogen-bond donors (Lipinski definition) is 1. The average molecular weight is 402 g/mol. The van der Waals surface area contributed by atoms with Gasteiger partial charge in [-0.05, 0) is 47.0 Å². The van der Waals surface area contributed by atoms with E-state index in [4.69, 9.17) is 32.7 Å². The smallest absolute Gasteiger partial charge is 0.161 e. The van der Waals surface area contributed by atoms with Crippen LogP contribution in [0.1, 0.15) is 16.7 Å². The van der Waals surface area contributed by atoms with E-state index in [-0.39, 0.29) is 0 Å². The molecule has 0 saturated carbocycles. The van der Waals surface area contributed by atoms with Crippen molar-refractivity contribution in [2.75, 3.05) is 7.11 Å². The van der Waals surface area contributed by atoms with Gasteiger partial charge in [0.25, 0.3) is 0 Å². The van der Waals surface area contributed by atoms with Crippen LogP contribution in [0.15, 0.2) is 66.7 Å². The number of hydrogen-bond acceptors (Lipinski definition) is 3. The number of halogens is 2. The first-order valence-electron chi connectivity index (χ1n) is 8.64. The molecule has 3 nitrogen and oxygen atoms in total. The monoisotopic (exact) mass is 401 g/mol. The van der Waals surface area contributed by atoms with Gasteiger partial charge in [-0.2, -0.15) is 0 Å². The molecule has 3 aromatic rings. The van der Waals surface area contributed by atoms with Gasteiger partial charge in [0.05, 0.1) is 7.11 Å². The zero-order chi connectivity index (χ0) is 19.1. The topological polar surface area (TPSA) is 30.5 Å². The van der Waals surface area contributed by atoms with Gasteiger partial charge < -0.3 is 14.8 Å². The zero-order valence-electron chi connectivity index (χ0n) is 15.0. The first-order chi connectivity index (χ1) is 13.2. The van der Waals surface area contributed by atoms with Crippen molar-refractivity contribution in [3.05, 3.63) is 93.5 Å². The van der Waals surface area contributed by atoms with Crippen LogP contribution in [-0.2, 0) is 19.7 Å². The molecule has 1 N–H and O–H groups in total. The van der Waals surface area contributed by atoms with Crippen molar-refractivity contribution in [1.29, 1.82) is 0 Å². The van der Waals surface area contributed by atoms with Crippen molar-refractivity contribution in [2.45, 2.75) is 19.7 Å². The quantitative estimate of drug-likeness (QED) is 0.511. The molecule has 0 bridgehead atoms. The van der Waals surface area contributed by atoms with Crippen LogP contribution in [0.5, 0.6) is 11.5 Å². The molecule has 0 aliphatic carbocycles. The first kappa shape index (κ1) is 19.6. The molecule has 140 valence electrons. The molecule has 0 saturated heterocycles. The van der Waals surface area contributed by atoms with E-state index in [2.05, 4.69) is 5.32 Å². The van der Waals surface area contributed by atoms with Crippen molar-refractivity contribution in [3.63, 3.8) is 0 Å². The summed E-state index contributed by atoms with van der Waals surface area (Å²) in [5.74, 6) is 1.42. The molecular formula is C22H21Cl2NO2. The Morgan fingerprint density at radius 1 is 0.815 bits per heavy atom. The Balaban J connectivity index is 1.58. The molecule has 0 radical (unpaired) electrons. The van der Waals surface area contributed by atoms with E-state index < -0.39 is 0 Å². The lowest BCUT2D eigenvalue weighted by atomic mass is 10.2. The highest BCUT2D eigenvalue weighted by molar-refractivity contribution is 6.31. The summed E-state index contributed by atoms with van der Waals surface area (Å²) in [6, 6.07) is 21.4. The van der Waals surface area contributed by atoms with Gasteiger partial charge in [-0.1, -0.05) is 59.6 Å². The van der Waals surface area contributed by atoms with Crippen LogP contribution >= 0.6 is 23.2 Å². The van der Waals surface area contributed by atoms with E-state index in [1.54, 1.807) is 7.11 Å². The fourth-order valence-electron chi connectivity index (χ4n) is 2.67. The fourth-order valence-corrected chi connectivity index (χ4v) is 2.99. The molecule has 0 fully saturated rings. The van der Waals surface area contributed by atoms with Crippen molar-refractivity contribution in [1.82, 2.24) is 5.32 Å². The van der Waals surface area contributed by atoms with Crippen molar-refractivity contribution < 1.29 is 9.47 Å². The minimum atomic E-state index is 0.456. The van der Waals surface area contributed by atoms with E-state index in [1.165, 1.54) is 0 Å². The van der Waals surface area contributed by atoms with Crippen LogP contribution in [0.2, 0.25) is 10.0 Å². The normalized spacial score (nSPS) is 10.6. The lowest BCUT2D eigenvalue weighted by Gasteiger charge is -2.13. The Bertz CT molecular complexity index is 882. The van der Waals surface area contributed by atoms with Crippen molar-refractivity contribution in [3.8, 4) is 11.5 Å². The van der Waals surface area contributed by atoms with E-state index in [0.717, 1.165) is 21.7 Å². The molecule has 5 heteroatoms. The summed E-state index contributed by atoms with van der Waals surface area (Å²) in [5, 5.41) is 4.88. The van der Waals surface area contributed by atoms with Gasteiger partial charge in [-0.3, -0.25) is 0 Å². The fraction of sp³-hybridized carbons (Fsp3) is 0.182. The Morgan fingerprint density at radius 3 is 2.30 bits per heavy atom. The van der Waals surface area contributed by atoms with Crippen LogP contribution in [0.4, 0.5) is 0 Å². The van der Waals surface area contributed by atoms with Gasteiger partial charge in [-0.25, -0.2) is 0 Å². The number of nitrogens with one attached hydrogen (secondary N) is 1. The van der Waals surface area contributed by atoms with Gasteiger partial charge in [-0.15, -0.1) is 0 Å². The van der Waals surface area contributed by atoms with E-state index in [0.29, 0.717) is 36.2 Å². The van der Waals surface area contributed by atoms with Gasteiger partial charge in [0.1, 0.15) is 6.61 Å². The molecule has 0 heterocycles. The lowest BCUT2D eigenvalue weighted by molar-refractivity contribution is 0.284. The number of benzene rings is 3. The summed E-state index contributed by atoms with van der Waals surface area (Å²) in [6.07, 6.45) is 0. The summed E-state index contributed by atoms with van der Waals surface area (Å²) in [7, 11) is 1.64. The molecule has 0 amide bonds. The van der Waals surface area contributed by atoms with Crippen LogP contribution in [0.3, 0.4) is 0 Å². The Hall–Kier alpha value is -2.20. The standard InChI is InChI=1S/C22H21Cl2NO2/c1-26-22-12-17(13-25-14-18-4-2-3-5-20(18)24)8-11-21(22)27-15-16-6-9-19(23)10-7-16/h2-12,25H,13-15H2,1H3. The third-order valence-electron chi connectivity index (χ3n) is 4.14. The van der Waals surface area contributed by atoms with Crippen molar-refractivity contribution >= 4 is 23.2 Å². The molecule has 3 rings (SSSR count). The van der Waals surface area contributed by atoms with Crippen LogP contribution < -0.4 is 14.8 Å². The molecule has 3 aromatic carbocycles. The van der Waals surface area contributed by atoms with Gasteiger partial charge >= 0.3 is 0 Å². The van der Waals surface area contributed by atoms with E-state index in [9.17, 15) is 0 Å². The molecular weight excluding hydrogens is 381 g/mol. The second-order valence-corrected chi connectivity index (χ2v) is 6.94. The van der Waals surface area contributed by atoms with Gasteiger partial charge in [0, 0.05) is 23.1 Å². The number of ether oxygens (including phenoxy) is 2. The second-order valence-electron chi connectivity index (χ2n) is 6.10. The molecule has 27 heavy (non-hydrogen) atoms. The molecule has 0 aromatic heterocycles. The van der Waals surface area contributed by atoms with Gasteiger partial charge in [0.2, 0.25) is 0 Å². The third-order valence-corrected chi connectivity index (χ3v) is 4.76. The zero-order valence-corrected chi connectivity index (χ0v) is 16.6. The highest BCUT2D eigenvalue weighted by Gasteiger charge is 2.07. The highest BCUT2D eigenvalue weighted by atomic mass is 35.5. The van der Waals surface area contributed by atoms with Crippen LogP contribution in [0, 0.1) is 0 Å². The largest absolute Gasteiger partial charge is 0.493 e. The lowest BCUT2D eigenvalue weighted by Crippen LogP contribution is -2.13. The number of rotatable bonds is 8. The minimum absolute atomic E-state index is 0.456. The average Bonchev–Trinajstić information content (AvgIpc) is 2.69. The SMILES string of the molecule is COc1cc(CNCc2ccccc2Cl)ccc1OCc1ccc(Cl)cc1. The summed E-state index contributed by atoms with van der Waals surface area (Å²) < 4.78 is 11.4. The predicted octanol–water partition coefficient (Wildman–Crippen LogP) is 5.87. The molecule has 0 atom stereocenters. The number of methoxy groups -OCH3 is 1.